The van der Waals surface area contributed by atoms with Crippen LogP contribution in [0.15, 0.2) is 23.1 Å². The van der Waals surface area contributed by atoms with Gasteiger partial charge in [0, 0.05) is 22.2 Å². The van der Waals surface area contributed by atoms with Crippen molar-refractivity contribution in [3.8, 4) is 11.5 Å². The summed E-state index contributed by atoms with van der Waals surface area (Å²) in [6.07, 6.45) is 0. The number of thioether (sulfide) groups is 1. The Morgan fingerprint density at radius 1 is 1.14 bits per heavy atom. The van der Waals surface area contributed by atoms with E-state index in [0.29, 0.717) is 24.4 Å². The second-order valence-electron chi connectivity index (χ2n) is 6.84. The standard InChI is InChI=1S/C17H27NO2S/c1-12(2)16(11-18-17(3,4)5)21-13-6-7-14-15(10-13)20-9-8-19-14/h6-7,10,12,16,18H,8-9,11H2,1-5H3. The fraction of sp³-hybridized carbons (Fsp3) is 0.647. The highest BCUT2D eigenvalue weighted by molar-refractivity contribution is 8.00. The van der Waals surface area contributed by atoms with Crippen molar-refractivity contribution in [2.24, 2.45) is 5.92 Å². The van der Waals surface area contributed by atoms with Crippen LogP contribution in [0.3, 0.4) is 0 Å². The molecule has 0 aliphatic carbocycles. The van der Waals surface area contributed by atoms with E-state index in [4.69, 9.17) is 9.47 Å². The van der Waals surface area contributed by atoms with Gasteiger partial charge < -0.3 is 14.8 Å². The maximum Gasteiger partial charge on any atom is 0.162 e. The number of fused-ring (bicyclic) bond motifs is 1. The lowest BCUT2D eigenvalue weighted by Crippen LogP contribution is -2.41. The minimum atomic E-state index is 0.153. The molecule has 0 amide bonds. The third-order valence-electron chi connectivity index (χ3n) is 3.38. The van der Waals surface area contributed by atoms with E-state index in [1.165, 1.54) is 4.90 Å². The van der Waals surface area contributed by atoms with Gasteiger partial charge in [0.15, 0.2) is 11.5 Å². The van der Waals surface area contributed by atoms with Crippen LogP contribution in [0.25, 0.3) is 0 Å². The van der Waals surface area contributed by atoms with Crippen molar-refractivity contribution in [3.63, 3.8) is 0 Å². The van der Waals surface area contributed by atoms with Gasteiger partial charge >= 0.3 is 0 Å². The van der Waals surface area contributed by atoms with E-state index in [9.17, 15) is 0 Å². The molecule has 1 heterocycles. The minimum Gasteiger partial charge on any atom is -0.486 e. The lowest BCUT2D eigenvalue weighted by molar-refractivity contribution is 0.171. The SMILES string of the molecule is CC(C)C(CNC(C)(C)C)Sc1ccc2c(c1)OCCO2. The van der Waals surface area contributed by atoms with Crippen molar-refractivity contribution >= 4 is 11.8 Å². The zero-order valence-corrected chi connectivity index (χ0v) is 14.5. The third kappa shape index (κ3) is 5.11. The van der Waals surface area contributed by atoms with Crippen molar-refractivity contribution in [2.45, 2.75) is 50.3 Å². The first kappa shape index (κ1) is 16.5. The Labute approximate surface area is 132 Å². The summed E-state index contributed by atoms with van der Waals surface area (Å²) in [7, 11) is 0. The molecule has 1 N–H and O–H groups in total. The second kappa shape index (κ2) is 6.93. The highest BCUT2D eigenvalue weighted by Crippen LogP contribution is 2.36. The maximum absolute atomic E-state index is 5.67. The Hall–Kier alpha value is -0.870. The lowest BCUT2D eigenvalue weighted by atomic mass is 10.1. The van der Waals surface area contributed by atoms with Gasteiger partial charge in [0.25, 0.3) is 0 Å². The van der Waals surface area contributed by atoms with Crippen LogP contribution in [0.2, 0.25) is 0 Å². The van der Waals surface area contributed by atoms with Crippen molar-refractivity contribution in [1.82, 2.24) is 5.32 Å². The normalized spacial score (nSPS) is 16.1. The fourth-order valence-corrected chi connectivity index (χ4v) is 3.20. The highest BCUT2D eigenvalue weighted by atomic mass is 32.2. The zero-order chi connectivity index (χ0) is 15.5. The molecule has 1 aromatic rings. The van der Waals surface area contributed by atoms with Crippen molar-refractivity contribution < 1.29 is 9.47 Å². The average Bonchev–Trinajstić information content (AvgIpc) is 2.42. The van der Waals surface area contributed by atoms with Gasteiger partial charge in [-0.1, -0.05) is 13.8 Å². The Morgan fingerprint density at radius 3 is 2.43 bits per heavy atom. The van der Waals surface area contributed by atoms with Gasteiger partial charge in [0.1, 0.15) is 13.2 Å². The number of nitrogens with one attached hydrogen (secondary N) is 1. The molecule has 0 radical (unpaired) electrons. The van der Waals surface area contributed by atoms with Crippen LogP contribution in [-0.2, 0) is 0 Å². The second-order valence-corrected chi connectivity index (χ2v) is 8.15. The number of ether oxygens (including phenoxy) is 2. The zero-order valence-electron chi connectivity index (χ0n) is 13.7. The fourth-order valence-electron chi connectivity index (χ4n) is 2.09. The van der Waals surface area contributed by atoms with Gasteiger partial charge in [-0.15, -0.1) is 11.8 Å². The smallest absolute Gasteiger partial charge is 0.162 e. The first-order valence-corrected chi connectivity index (χ1v) is 8.54. The molecular formula is C17H27NO2S. The first-order valence-electron chi connectivity index (χ1n) is 7.66. The molecule has 0 fully saturated rings. The maximum atomic E-state index is 5.67. The Bertz CT molecular complexity index is 468. The molecule has 1 aliphatic rings. The summed E-state index contributed by atoms with van der Waals surface area (Å²) in [5, 5.41) is 4.14. The quantitative estimate of drug-likeness (QED) is 0.834. The van der Waals surface area contributed by atoms with Crippen molar-refractivity contribution in [2.75, 3.05) is 19.8 Å². The van der Waals surface area contributed by atoms with E-state index >= 15 is 0 Å². The molecule has 1 atom stereocenters. The van der Waals surface area contributed by atoms with E-state index in [-0.39, 0.29) is 5.54 Å². The number of hydrogen-bond acceptors (Lipinski definition) is 4. The van der Waals surface area contributed by atoms with Gasteiger partial charge in [-0.25, -0.2) is 0 Å². The molecule has 21 heavy (non-hydrogen) atoms. The summed E-state index contributed by atoms with van der Waals surface area (Å²) in [5.74, 6) is 2.34. The predicted octanol–water partition coefficient (Wildman–Crippen LogP) is 3.96. The minimum absolute atomic E-state index is 0.153. The van der Waals surface area contributed by atoms with E-state index < -0.39 is 0 Å². The molecule has 3 nitrogen and oxygen atoms in total. The van der Waals surface area contributed by atoms with Gasteiger partial charge in [-0.2, -0.15) is 0 Å². The van der Waals surface area contributed by atoms with E-state index in [2.05, 4.69) is 52.1 Å². The number of rotatable bonds is 5. The summed E-state index contributed by atoms with van der Waals surface area (Å²) >= 11 is 1.91. The van der Waals surface area contributed by atoms with E-state index in [0.717, 1.165) is 18.0 Å². The Morgan fingerprint density at radius 2 is 1.81 bits per heavy atom. The predicted molar refractivity (Wildman–Crippen MR) is 89.7 cm³/mol. The molecule has 1 aromatic carbocycles. The number of hydrogen-bond donors (Lipinski definition) is 1. The monoisotopic (exact) mass is 309 g/mol. The van der Waals surface area contributed by atoms with Gasteiger partial charge in [-0.3, -0.25) is 0 Å². The molecule has 0 aromatic heterocycles. The van der Waals surface area contributed by atoms with Gasteiger partial charge in [0.2, 0.25) is 0 Å². The first-order chi connectivity index (χ1) is 9.85. The molecule has 0 saturated carbocycles. The summed E-state index contributed by atoms with van der Waals surface area (Å²) in [6, 6.07) is 6.25. The number of benzene rings is 1. The van der Waals surface area contributed by atoms with Crippen LogP contribution in [0.5, 0.6) is 11.5 Å². The van der Waals surface area contributed by atoms with Crippen LogP contribution in [0, 0.1) is 5.92 Å². The van der Waals surface area contributed by atoms with Crippen molar-refractivity contribution in [3.05, 3.63) is 18.2 Å². The lowest BCUT2D eigenvalue weighted by Gasteiger charge is -2.27. The molecule has 1 aliphatic heterocycles. The summed E-state index contributed by atoms with van der Waals surface area (Å²) in [4.78, 5) is 1.24. The van der Waals surface area contributed by atoms with E-state index in [1.807, 2.05) is 17.8 Å². The van der Waals surface area contributed by atoms with E-state index in [1.54, 1.807) is 0 Å². The summed E-state index contributed by atoms with van der Waals surface area (Å²) in [5.41, 5.74) is 0.153. The third-order valence-corrected chi connectivity index (χ3v) is 4.92. The molecule has 4 heteroatoms. The molecule has 1 unspecified atom stereocenters. The van der Waals surface area contributed by atoms with Crippen LogP contribution in [-0.4, -0.2) is 30.5 Å². The molecule has 118 valence electrons. The average molecular weight is 309 g/mol. The summed E-state index contributed by atoms with van der Waals surface area (Å²) < 4.78 is 11.2. The van der Waals surface area contributed by atoms with Crippen LogP contribution in [0.4, 0.5) is 0 Å². The molecule has 0 bridgehead atoms. The molecule has 0 spiro atoms. The summed E-state index contributed by atoms with van der Waals surface area (Å²) in [6.45, 7) is 13.5. The Balaban J connectivity index is 2.03. The molecular weight excluding hydrogens is 282 g/mol. The highest BCUT2D eigenvalue weighted by Gasteiger charge is 2.20. The van der Waals surface area contributed by atoms with Crippen molar-refractivity contribution in [1.29, 1.82) is 0 Å². The van der Waals surface area contributed by atoms with Gasteiger partial charge in [-0.05, 0) is 44.9 Å². The van der Waals surface area contributed by atoms with Crippen LogP contribution >= 0.6 is 11.8 Å². The Kier molecular flexibility index (Phi) is 5.44. The van der Waals surface area contributed by atoms with Gasteiger partial charge in [0.05, 0.1) is 0 Å². The van der Waals surface area contributed by atoms with Crippen LogP contribution < -0.4 is 14.8 Å². The topological polar surface area (TPSA) is 30.5 Å². The van der Waals surface area contributed by atoms with Crippen LogP contribution in [0.1, 0.15) is 34.6 Å². The molecule has 0 saturated heterocycles. The molecule has 2 rings (SSSR count). The largest absolute Gasteiger partial charge is 0.486 e.